The Labute approximate surface area is 121 Å². The van der Waals surface area contributed by atoms with Gasteiger partial charge in [0.05, 0.1) is 0 Å². The quantitative estimate of drug-likeness (QED) is 0.607. The molecule has 0 amide bonds. The number of nitrogens with one attached hydrogen (secondary N) is 1. The van der Waals surface area contributed by atoms with Crippen LogP contribution in [0.1, 0.15) is 67.2 Å². The molecule has 0 rings (SSSR count). The van der Waals surface area contributed by atoms with Gasteiger partial charge in [-0.3, -0.25) is 4.90 Å². The van der Waals surface area contributed by atoms with Crippen molar-refractivity contribution in [1.29, 1.82) is 0 Å². The Kier molecular flexibility index (Phi) is 10.0. The predicted molar refractivity (Wildman–Crippen MR) is 86.4 cm³/mol. The Hall–Kier alpha value is -0.520. The van der Waals surface area contributed by atoms with Crippen molar-refractivity contribution >= 4 is 0 Å². The van der Waals surface area contributed by atoms with E-state index in [1.54, 1.807) is 0 Å². The maximum absolute atomic E-state index is 3.76. The van der Waals surface area contributed by atoms with Gasteiger partial charge < -0.3 is 5.32 Å². The van der Waals surface area contributed by atoms with Gasteiger partial charge in [0.25, 0.3) is 0 Å². The van der Waals surface area contributed by atoms with E-state index in [1.165, 1.54) is 12.8 Å². The lowest BCUT2D eigenvalue weighted by Crippen LogP contribution is -2.59. The van der Waals surface area contributed by atoms with Crippen molar-refractivity contribution in [2.24, 2.45) is 0 Å². The average molecular weight is 266 g/mol. The fraction of sp³-hybridized carbons (Fsp3) is 0.882. The third kappa shape index (κ3) is 5.55. The molecule has 112 valence electrons. The maximum Gasteiger partial charge on any atom is 0.0331 e. The minimum Gasteiger partial charge on any atom is -0.312 e. The van der Waals surface area contributed by atoms with Crippen LogP contribution in [0.5, 0.6) is 0 Å². The first-order valence-electron chi connectivity index (χ1n) is 7.98. The Balaban J connectivity index is 4.93. The summed E-state index contributed by atoms with van der Waals surface area (Å²) in [7, 11) is 0. The van der Waals surface area contributed by atoms with Crippen LogP contribution in [0.25, 0.3) is 0 Å². The molecule has 0 spiro atoms. The monoisotopic (exact) mass is 266 g/mol. The van der Waals surface area contributed by atoms with E-state index in [1.807, 2.05) is 6.92 Å². The number of rotatable bonds is 10. The number of likely N-dealkylation sites (N-methyl/N-ethyl adjacent to an activating group) is 1. The fourth-order valence-electron chi connectivity index (χ4n) is 2.93. The molecule has 1 N–H and O–H groups in total. The Bertz CT molecular complexity index is 273. The summed E-state index contributed by atoms with van der Waals surface area (Å²) in [4.78, 5) is 2.60. The first-order valence-corrected chi connectivity index (χ1v) is 7.98. The van der Waals surface area contributed by atoms with Gasteiger partial charge in [0.15, 0.2) is 0 Å². The van der Waals surface area contributed by atoms with E-state index in [2.05, 4.69) is 56.7 Å². The van der Waals surface area contributed by atoms with Crippen LogP contribution in [0.15, 0.2) is 0 Å². The van der Waals surface area contributed by atoms with Gasteiger partial charge in [0.1, 0.15) is 0 Å². The lowest BCUT2D eigenvalue weighted by molar-refractivity contribution is 0.0672. The molecular formula is C17H34N2. The average Bonchev–Trinajstić information content (AvgIpc) is 2.43. The van der Waals surface area contributed by atoms with Gasteiger partial charge in [-0.15, -0.1) is 11.8 Å². The molecule has 0 aromatic rings. The molecular weight excluding hydrogens is 232 g/mol. The SMILES string of the molecule is CC#CCCC(NCCC)C(C)(CC)N(CC)CC. The highest BCUT2D eigenvalue weighted by molar-refractivity contribution is 5.01. The molecule has 2 nitrogen and oxygen atoms in total. The van der Waals surface area contributed by atoms with E-state index < -0.39 is 0 Å². The van der Waals surface area contributed by atoms with Crippen molar-refractivity contribution in [2.45, 2.75) is 78.8 Å². The molecule has 0 fully saturated rings. The van der Waals surface area contributed by atoms with Gasteiger partial charge in [0, 0.05) is 18.0 Å². The summed E-state index contributed by atoms with van der Waals surface area (Å²) in [5.41, 5.74) is 0.230. The van der Waals surface area contributed by atoms with E-state index in [0.717, 1.165) is 32.5 Å². The lowest BCUT2D eigenvalue weighted by atomic mass is 9.84. The summed E-state index contributed by atoms with van der Waals surface area (Å²) >= 11 is 0. The van der Waals surface area contributed by atoms with Gasteiger partial charge in [-0.05, 0) is 52.7 Å². The highest BCUT2D eigenvalue weighted by Crippen LogP contribution is 2.26. The van der Waals surface area contributed by atoms with Gasteiger partial charge in [-0.2, -0.15) is 0 Å². The van der Waals surface area contributed by atoms with Crippen LogP contribution in [0.4, 0.5) is 0 Å². The molecule has 2 atom stereocenters. The van der Waals surface area contributed by atoms with Crippen LogP contribution >= 0.6 is 0 Å². The number of hydrogen-bond acceptors (Lipinski definition) is 2. The zero-order valence-corrected chi connectivity index (χ0v) is 14.0. The molecule has 0 aliphatic rings. The maximum atomic E-state index is 3.76. The molecule has 2 unspecified atom stereocenters. The summed E-state index contributed by atoms with van der Waals surface area (Å²) in [5.74, 6) is 6.23. The lowest BCUT2D eigenvalue weighted by Gasteiger charge is -2.46. The first-order chi connectivity index (χ1) is 9.10. The molecule has 0 aliphatic heterocycles. The molecule has 19 heavy (non-hydrogen) atoms. The van der Waals surface area contributed by atoms with Crippen molar-refractivity contribution in [3.8, 4) is 11.8 Å². The van der Waals surface area contributed by atoms with Crippen molar-refractivity contribution in [2.75, 3.05) is 19.6 Å². The smallest absolute Gasteiger partial charge is 0.0331 e. The third-order valence-electron chi connectivity index (χ3n) is 4.33. The minimum absolute atomic E-state index is 0.230. The standard InChI is InChI=1S/C17H34N2/c1-7-12-13-14-16(18-15-8-2)17(6,9-3)19(10-4)11-5/h16,18H,8-11,13-15H2,1-6H3. The van der Waals surface area contributed by atoms with Crippen molar-refractivity contribution in [3.63, 3.8) is 0 Å². The van der Waals surface area contributed by atoms with Gasteiger partial charge >= 0.3 is 0 Å². The minimum atomic E-state index is 0.230. The Morgan fingerprint density at radius 3 is 2.21 bits per heavy atom. The fourth-order valence-corrected chi connectivity index (χ4v) is 2.93. The molecule has 0 aliphatic carbocycles. The Morgan fingerprint density at radius 1 is 1.16 bits per heavy atom. The van der Waals surface area contributed by atoms with Gasteiger partial charge in [-0.1, -0.05) is 27.7 Å². The van der Waals surface area contributed by atoms with E-state index in [4.69, 9.17) is 0 Å². The second-order valence-corrected chi connectivity index (χ2v) is 5.36. The van der Waals surface area contributed by atoms with Gasteiger partial charge in [0.2, 0.25) is 0 Å². The van der Waals surface area contributed by atoms with Crippen molar-refractivity contribution < 1.29 is 0 Å². The molecule has 0 bridgehead atoms. The number of hydrogen-bond donors (Lipinski definition) is 1. The van der Waals surface area contributed by atoms with E-state index in [9.17, 15) is 0 Å². The van der Waals surface area contributed by atoms with Crippen molar-refractivity contribution in [1.82, 2.24) is 10.2 Å². The molecule has 0 radical (unpaired) electrons. The van der Waals surface area contributed by atoms with Crippen LogP contribution in [-0.2, 0) is 0 Å². The first kappa shape index (κ1) is 18.5. The zero-order chi connectivity index (χ0) is 14.7. The zero-order valence-electron chi connectivity index (χ0n) is 14.0. The molecule has 0 heterocycles. The normalized spacial score (nSPS) is 15.7. The van der Waals surface area contributed by atoms with E-state index >= 15 is 0 Å². The molecule has 2 heteroatoms. The molecule has 0 aromatic carbocycles. The highest BCUT2D eigenvalue weighted by Gasteiger charge is 2.35. The molecule has 0 saturated carbocycles. The molecule has 0 saturated heterocycles. The van der Waals surface area contributed by atoms with Crippen LogP contribution in [0, 0.1) is 11.8 Å². The van der Waals surface area contributed by atoms with Crippen LogP contribution < -0.4 is 5.32 Å². The summed E-state index contributed by atoms with van der Waals surface area (Å²) in [6.07, 6.45) is 4.50. The summed E-state index contributed by atoms with van der Waals surface area (Å²) in [6, 6.07) is 0.526. The second-order valence-electron chi connectivity index (χ2n) is 5.36. The van der Waals surface area contributed by atoms with Crippen LogP contribution in [0.3, 0.4) is 0 Å². The summed E-state index contributed by atoms with van der Waals surface area (Å²) in [5, 5.41) is 3.76. The Morgan fingerprint density at radius 2 is 1.79 bits per heavy atom. The molecule has 0 aromatic heterocycles. The second kappa shape index (κ2) is 10.3. The summed E-state index contributed by atoms with van der Waals surface area (Å²) in [6.45, 7) is 16.7. The van der Waals surface area contributed by atoms with Gasteiger partial charge in [-0.25, -0.2) is 0 Å². The third-order valence-corrected chi connectivity index (χ3v) is 4.33. The highest BCUT2D eigenvalue weighted by atomic mass is 15.2. The van der Waals surface area contributed by atoms with Crippen LogP contribution in [-0.4, -0.2) is 36.1 Å². The van der Waals surface area contributed by atoms with E-state index in [0.29, 0.717) is 6.04 Å². The number of nitrogens with zero attached hydrogens (tertiary/aromatic N) is 1. The van der Waals surface area contributed by atoms with Crippen LogP contribution in [0.2, 0.25) is 0 Å². The summed E-state index contributed by atoms with van der Waals surface area (Å²) < 4.78 is 0. The largest absolute Gasteiger partial charge is 0.312 e. The topological polar surface area (TPSA) is 15.3 Å². The van der Waals surface area contributed by atoms with Crippen molar-refractivity contribution in [3.05, 3.63) is 0 Å². The van der Waals surface area contributed by atoms with E-state index in [-0.39, 0.29) is 5.54 Å². The predicted octanol–water partition coefficient (Wildman–Crippen LogP) is 3.67.